The third-order valence-electron chi connectivity index (χ3n) is 4.17. The maximum absolute atomic E-state index is 6.23. The Labute approximate surface area is 122 Å². The van der Waals surface area contributed by atoms with E-state index in [1.807, 2.05) is 23.5 Å². The lowest BCUT2D eigenvalue weighted by Crippen LogP contribution is -2.48. The van der Waals surface area contributed by atoms with Gasteiger partial charge in [0.05, 0.1) is 5.25 Å². The van der Waals surface area contributed by atoms with E-state index < -0.39 is 0 Å². The van der Waals surface area contributed by atoms with Crippen molar-refractivity contribution >= 4 is 23.5 Å². The molecule has 1 aliphatic carbocycles. The van der Waals surface area contributed by atoms with Gasteiger partial charge in [-0.3, -0.25) is 0 Å². The Balaban J connectivity index is 1.64. The Morgan fingerprint density at radius 2 is 2.16 bits per heavy atom. The number of nitrogens with zero attached hydrogens (tertiary/aromatic N) is 2. The molecule has 0 spiro atoms. The van der Waals surface area contributed by atoms with E-state index in [4.69, 9.17) is 10.3 Å². The second-order valence-corrected chi connectivity index (χ2v) is 8.80. The molecule has 0 bridgehead atoms. The van der Waals surface area contributed by atoms with Gasteiger partial charge in [0.2, 0.25) is 5.89 Å². The van der Waals surface area contributed by atoms with Crippen LogP contribution in [0.25, 0.3) is 0 Å². The predicted molar refractivity (Wildman–Crippen MR) is 80.5 cm³/mol. The summed E-state index contributed by atoms with van der Waals surface area (Å²) in [5.74, 6) is 2.64. The third-order valence-corrected chi connectivity index (χ3v) is 7.56. The molecule has 0 aromatic carbocycles. The van der Waals surface area contributed by atoms with Gasteiger partial charge in [0.1, 0.15) is 0 Å². The molecule has 106 valence electrons. The molecule has 1 saturated heterocycles. The van der Waals surface area contributed by atoms with Gasteiger partial charge in [0.25, 0.3) is 0 Å². The van der Waals surface area contributed by atoms with E-state index in [9.17, 15) is 0 Å². The zero-order valence-electron chi connectivity index (χ0n) is 11.5. The Kier molecular flexibility index (Phi) is 3.84. The first-order valence-corrected chi connectivity index (χ1v) is 8.93. The lowest BCUT2D eigenvalue weighted by Gasteiger charge is -2.36. The minimum Gasteiger partial charge on any atom is -0.339 e. The van der Waals surface area contributed by atoms with Crippen molar-refractivity contribution in [2.24, 2.45) is 5.73 Å². The van der Waals surface area contributed by atoms with Crippen molar-refractivity contribution in [1.82, 2.24) is 10.1 Å². The zero-order chi connectivity index (χ0) is 13.5. The first-order chi connectivity index (χ1) is 9.06. The second kappa shape index (κ2) is 5.30. The Bertz CT molecular complexity index is 447. The molecule has 3 atom stereocenters. The van der Waals surface area contributed by atoms with Gasteiger partial charge in [0.15, 0.2) is 5.82 Å². The van der Waals surface area contributed by atoms with Crippen molar-refractivity contribution in [3.63, 3.8) is 0 Å². The highest BCUT2D eigenvalue weighted by atomic mass is 32.2. The number of thioether (sulfide) groups is 2. The van der Waals surface area contributed by atoms with E-state index in [1.54, 1.807) is 0 Å². The monoisotopic (exact) mass is 299 g/mol. The fraction of sp³-hybridized carbons (Fsp3) is 0.846. The highest BCUT2D eigenvalue weighted by molar-refractivity contribution is 8.07. The van der Waals surface area contributed by atoms with Crippen molar-refractivity contribution in [3.8, 4) is 0 Å². The molecule has 3 unspecified atom stereocenters. The number of nitrogens with two attached hydrogens (primary N) is 1. The maximum Gasteiger partial charge on any atom is 0.228 e. The molecular weight excluding hydrogens is 278 g/mol. The molecule has 2 fully saturated rings. The van der Waals surface area contributed by atoms with Crippen LogP contribution in [0.3, 0.4) is 0 Å². The second-order valence-electron chi connectivity index (χ2n) is 5.81. The minimum atomic E-state index is -0.0833. The van der Waals surface area contributed by atoms with Crippen LogP contribution in [0.4, 0.5) is 0 Å². The van der Waals surface area contributed by atoms with Gasteiger partial charge in [-0.05, 0) is 19.3 Å². The van der Waals surface area contributed by atoms with Gasteiger partial charge in [-0.1, -0.05) is 19.0 Å². The van der Waals surface area contributed by atoms with Crippen LogP contribution in [0.5, 0.6) is 0 Å². The molecule has 1 aromatic heterocycles. The number of hydrogen-bond acceptors (Lipinski definition) is 6. The number of aromatic nitrogens is 2. The van der Waals surface area contributed by atoms with Crippen LogP contribution in [0.1, 0.15) is 50.1 Å². The van der Waals surface area contributed by atoms with Crippen molar-refractivity contribution in [2.45, 2.75) is 60.8 Å². The molecule has 19 heavy (non-hydrogen) atoms. The van der Waals surface area contributed by atoms with E-state index >= 15 is 0 Å². The molecule has 1 saturated carbocycles. The first-order valence-electron chi connectivity index (χ1n) is 6.94. The average molecular weight is 299 g/mol. The SMILES string of the molecule is CC1SCC(c2noc(CC3(N)CCC3)n2)SC1C. The summed E-state index contributed by atoms with van der Waals surface area (Å²) in [5.41, 5.74) is 6.14. The van der Waals surface area contributed by atoms with Crippen molar-refractivity contribution in [2.75, 3.05) is 5.75 Å². The standard InChI is InChI=1S/C13H21N3OS2/c1-8-9(2)19-10(7-18-8)12-15-11(17-16-12)6-13(14)4-3-5-13/h8-10H,3-7,14H2,1-2H3. The third kappa shape index (κ3) is 2.95. The van der Waals surface area contributed by atoms with Gasteiger partial charge in [-0.15, -0.1) is 11.8 Å². The summed E-state index contributed by atoms with van der Waals surface area (Å²) in [5, 5.41) is 5.87. The number of rotatable bonds is 3. The molecular formula is C13H21N3OS2. The summed E-state index contributed by atoms with van der Waals surface area (Å²) in [4.78, 5) is 4.57. The van der Waals surface area contributed by atoms with Crippen molar-refractivity contribution in [3.05, 3.63) is 11.7 Å². The van der Waals surface area contributed by atoms with Crippen LogP contribution in [0.2, 0.25) is 0 Å². The molecule has 1 aliphatic heterocycles. The van der Waals surface area contributed by atoms with Crippen LogP contribution >= 0.6 is 23.5 Å². The summed E-state index contributed by atoms with van der Waals surface area (Å²) < 4.78 is 5.39. The van der Waals surface area contributed by atoms with Crippen LogP contribution in [0.15, 0.2) is 4.52 Å². The molecule has 0 amide bonds. The Hall–Kier alpha value is -0.200. The molecule has 4 nitrogen and oxygen atoms in total. The largest absolute Gasteiger partial charge is 0.339 e. The van der Waals surface area contributed by atoms with E-state index in [0.717, 1.165) is 30.8 Å². The summed E-state index contributed by atoms with van der Waals surface area (Å²) in [7, 11) is 0. The van der Waals surface area contributed by atoms with Crippen molar-refractivity contribution < 1.29 is 4.52 Å². The lowest BCUT2D eigenvalue weighted by molar-refractivity contribution is 0.221. The van der Waals surface area contributed by atoms with E-state index in [1.165, 1.54) is 6.42 Å². The van der Waals surface area contributed by atoms with Crippen LogP contribution < -0.4 is 5.73 Å². The first kappa shape index (κ1) is 13.8. The molecule has 0 radical (unpaired) electrons. The predicted octanol–water partition coefficient (Wildman–Crippen LogP) is 2.79. The summed E-state index contributed by atoms with van der Waals surface area (Å²) in [6.45, 7) is 4.56. The van der Waals surface area contributed by atoms with Gasteiger partial charge in [-0.25, -0.2) is 0 Å². The zero-order valence-corrected chi connectivity index (χ0v) is 13.1. The molecule has 2 N–H and O–H groups in total. The summed E-state index contributed by atoms with van der Waals surface area (Å²) >= 11 is 3.96. The van der Waals surface area contributed by atoms with Gasteiger partial charge in [0, 0.05) is 28.2 Å². The van der Waals surface area contributed by atoms with E-state index in [-0.39, 0.29) is 5.54 Å². The lowest BCUT2D eigenvalue weighted by atomic mass is 9.75. The van der Waals surface area contributed by atoms with Crippen LogP contribution in [-0.4, -0.2) is 31.9 Å². The number of hydrogen-bond donors (Lipinski definition) is 1. The van der Waals surface area contributed by atoms with Crippen molar-refractivity contribution in [1.29, 1.82) is 0 Å². The molecule has 2 aliphatic rings. The fourth-order valence-electron chi connectivity index (χ4n) is 2.50. The summed E-state index contributed by atoms with van der Waals surface area (Å²) in [6.07, 6.45) is 4.11. The fourth-order valence-corrected chi connectivity index (χ4v) is 5.33. The highest BCUT2D eigenvalue weighted by Gasteiger charge is 2.35. The molecule has 1 aromatic rings. The highest BCUT2D eigenvalue weighted by Crippen LogP contribution is 2.43. The maximum atomic E-state index is 6.23. The molecule has 2 heterocycles. The van der Waals surface area contributed by atoms with Crippen LogP contribution in [-0.2, 0) is 6.42 Å². The summed E-state index contributed by atoms with van der Waals surface area (Å²) in [6, 6.07) is 0. The van der Waals surface area contributed by atoms with E-state index in [2.05, 4.69) is 24.0 Å². The smallest absolute Gasteiger partial charge is 0.228 e. The van der Waals surface area contributed by atoms with Gasteiger partial charge >= 0.3 is 0 Å². The molecule has 3 rings (SSSR count). The van der Waals surface area contributed by atoms with Gasteiger partial charge in [-0.2, -0.15) is 16.7 Å². The minimum absolute atomic E-state index is 0.0833. The average Bonchev–Trinajstić information content (AvgIpc) is 2.79. The normalized spacial score (nSPS) is 33.9. The Morgan fingerprint density at radius 1 is 1.37 bits per heavy atom. The van der Waals surface area contributed by atoms with Crippen LogP contribution in [0, 0.1) is 0 Å². The topological polar surface area (TPSA) is 64.9 Å². The quantitative estimate of drug-likeness (QED) is 0.926. The Morgan fingerprint density at radius 3 is 2.79 bits per heavy atom. The molecule has 6 heteroatoms. The van der Waals surface area contributed by atoms with E-state index in [0.29, 0.717) is 21.6 Å². The van der Waals surface area contributed by atoms with Gasteiger partial charge < -0.3 is 10.3 Å².